The Hall–Kier alpha value is -4.06. The molecule has 240 valence electrons. The van der Waals surface area contributed by atoms with E-state index < -0.39 is 0 Å². The topological polar surface area (TPSA) is 13.0 Å². The lowest BCUT2D eigenvalue weighted by Crippen LogP contribution is -2.50. The van der Waals surface area contributed by atoms with Gasteiger partial charge in [0.05, 0.1) is 12.1 Å². The number of piperazine rings is 2. The Bertz CT molecular complexity index is 1520. The van der Waals surface area contributed by atoms with E-state index >= 15 is 0 Å². The summed E-state index contributed by atoms with van der Waals surface area (Å²) in [7, 11) is 0. The van der Waals surface area contributed by atoms with Crippen LogP contribution >= 0.6 is 0 Å². The van der Waals surface area contributed by atoms with Crippen LogP contribution in [0.4, 0.5) is 0 Å². The molecule has 0 radical (unpaired) electrons. The second kappa shape index (κ2) is 15.7. The SMILES string of the molecule is c1ccc(C(CCN2CCN(C(c3ccccc3)c3ccccc3)CC2)N2CCN(C(c3ccccc3)c3ccccc3)CC2)cc1. The minimum Gasteiger partial charge on any atom is -0.301 e. The summed E-state index contributed by atoms with van der Waals surface area (Å²) < 4.78 is 0. The Morgan fingerprint density at radius 2 is 0.638 bits per heavy atom. The van der Waals surface area contributed by atoms with Gasteiger partial charge in [-0.2, -0.15) is 0 Å². The maximum atomic E-state index is 2.76. The smallest absolute Gasteiger partial charge is 0.0602 e. The second-order valence-electron chi connectivity index (χ2n) is 13.1. The predicted molar refractivity (Wildman–Crippen MR) is 194 cm³/mol. The maximum absolute atomic E-state index is 2.76. The molecular weight excluding hydrogens is 573 g/mol. The van der Waals surface area contributed by atoms with Crippen molar-refractivity contribution in [3.05, 3.63) is 179 Å². The molecule has 4 heteroatoms. The molecule has 0 bridgehead atoms. The summed E-state index contributed by atoms with van der Waals surface area (Å²) in [5.41, 5.74) is 6.99. The van der Waals surface area contributed by atoms with Gasteiger partial charge in [0.2, 0.25) is 0 Å². The third kappa shape index (κ3) is 7.75. The Morgan fingerprint density at radius 3 is 1.00 bits per heavy atom. The molecule has 2 saturated heterocycles. The molecule has 2 aliphatic rings. The van der Waals surface area contributed by atoms with E-state index in [2.05, 4.69) is 171 Å². The summed E-state index contributed by atoms with van der Waals surface area (Å²) in [4.78, 5) is 10.8. The van der Waals surface area contributed by atoms with Crippen LogP contribution < -0.4 is 0 Å². The van der Waals surface area contributed by atoms with Crippen LogP contribution in [0.5, 0.6) is 0 Å². The molecule has 4 nitrogen and oxygen atoms in total. The zero-order chi connectivity index (χ0) is 31.7. The van der Waals surface area contributed by atoms with Crippen molar-refractivity contribution < 1.29 is 0 Å². The first-order valence-electron chi connectivity index (χ1n) is 17.5. The number of benzene rings is 5. The van der Waals surface area contributed by atoms with Crippen molar-refractivity contribution in [2.45, 2.75) is 24.5 Å². The van der Waals surface area contributed by atoms with Gasteiger partial charge in [0.1, 0.15) is 0 Å². The van der Waals surface area contributed by atoms with Crippen LogP contribution in [0.15, 0.2) is 152 Å². The maximum Gasteiger partial charge on any atom is 0.0602 e. The first-order valence-corrected chi connectivity index (χ1v) is 17.5. The van der Waals surface area contributed by atoms with Crippen molar-refractivity contribution in [3.8, 4) is 0 Å². The van der Waals surface area contributed by atoms with Crippen LogP contribution in [-0.2, 0) is 0 Å². The quantitative estimate of drug-likeness (QED) is 0.149. The predicted octanol–water partition coefficient (Wildman–Crippen LogP) is 7.93. The molecule has 0 N–H and O–H groups in total. The van der Waals surface area contributed by atoms with Gasteiger partial charge in [0.25, 0.3) is 0 Å². The third-order valence-electron chi connectivity index (χ3n) is 10.3. The van der Waals surface area contributed by atoms with E-state index in [1.54, 1.807) is 0 Å². The average molecular weight is 621 g/mol. The van der Waals surface area contributed by atoms with Crippen LogP contribution in [0.1, 0.15) is 52.4 Å². The van der Waals surface area contributed by atoms with E-state index in [-0.39, 0.29) is 0 Å². The molecule has 5 aromatic rings. The highest BCUT2D eigenvalue weighted by Gasteiger charge is 2.31. The van der Waals surface area contributed by atoms with Gasteiger partial charge in [-0.1, -0.05) is 152 Å². The summed E-state index contributed by atoms with van der Waals surface area (Å²) in [5, 5.41) is 0. The molecule has 1 atom stereocenters. The number of nitrogens with zero attached hydrogens (tertiary/aromatic N) is 4. The summed E-state index contributed by atoms with van der Waals surface area (Å²) in [6, 6.07) is 56.5. The van der Waals surface area contributed by atoms with Gasteiger partial charge in [0.15, 0.2) is 0 Å². The standard InChI is InChI=1S/C43H48N4/c1-6-16-36(17-7-1)41(45-32-34-47(35-33-45)43(39-22-12-4-13-23-39)40-24-14-5-15-25-40)26-27-44-28-30-46(31-29-44)42(37-18-8-2-9-19-37)38-20-10-3-11-21-38/h1-25,41-43H,26-35H2. The zero-order valence-corrected chi connectivity index (χ0v) is 27.5. The summed E-state index contributed by atoms with van der Waals surface area (Å²) in [5.74, 6) is 0. The monoisotopic (exact) mass is 620 g/mol. The van der Waals surface area contributed by atoms with Crippen LogP contribution in [0.2, 0.25) is 0 Å². The minimum absolute atomic E-state index is 0.293. The van der Waals surface area contributed by atoms with Crippen molar-refractivity contribution in [3.63, 3.8) is 0 Å². The largest absolute Gasteiger partial charge is 0.301 e. The average Bonchev–Trinajstić information content (AvgIpc) is 3.15. The Labute approximate surface area is 281 Å². The summed E-state index contributed by atoms with van der Waals surface area (Å²) >= 11 is 0. The fourth-order valence-corrected chi connectivity index (χ4v) is 7.86. The fourth-order valence-electron chi connectivity index (χ4n) is 7.86. The van der Waals surface area contributed by atoms with Gasteiger partial charge in [-0.3, -0.25) is 14.7 Å². The van der Waals surface area contributed by atoms with Gasteiger partial charge in [-0.25, -0.2) is 0 Å². The highest BCUT2D eigenvalue weighted by atomic mass is 15.3. The lowest BCUT2D eigenvalue weighted by molar-refractivity contribution is 0.0622. The Kier molecular flexibility index (Phi) is 10.5. The molecule has 5 aromatic carbocycles. The lowest BCUT2D eigenvalue weighted by Gasteiger charge is -2.44. The van der Waals surface area contributed by atoms with Gasteiger partial charge in [-0.15, -0.1) is 0 Å². The summed E-state index contributed by atoms with van der Waals surface area (Å²) in [6.07, 6.45) is 1.16. The van der Waals surface area contributed by atoms with Gasteiger partial charge < -0.3 is 4.90 Å². The molecule has 0 amide bonds. The normalized spacial score (nSPS) is 17.7. The molecule has 2 heterocycles. The van der Waals surface area contributed by atoms with E-state index in [0.29, 0.717) is 18.1 Å². The first-order chi connectivity index (χ1) is 23.3. The molecule has 0 aromatic heterocycles. The van der Waals surface area contributed by atoms with E-state index in [0.717, 1.165) is 65.3 Å². The van der Waals surface area contributed by atoms with Crippen LogP contribution in [0.25, 0.3) is 0 Å². The van der Waals surface area contributed by atoms with Crippen molar-refractivity contribution in [1.82, 2.24) is 19.6 Å². The number of hydrogen-bond acceptors (Lipinski definition) is 4. The molecule has 2 aliphatic heterocycles. The fraction of sp³-hybridized carbons (Fsp3) is 0.302. The van der Waals surface area contributed by atoms with E-state index in [9.17, 15) is 0 Å². The first kappa shape index (κ1) is 31.5. The van der Waals surface area contributed by atoms with Crippen molar-refractivity contribution in [2.75, 3.05) is 58.9 Å². The third-order valence-corrected chi connectivity index (χ3v) is 10.3. The second-order valence-corrected chi connectivity index (χ2v) is 13.1. The lowest BCUT2D eigenvalue weighted by atomic mass is 9.95. The highest BCUT2D eigenvalue weighted by molar-refractivity contribution is 5.33. The van der Waals surface area contributed by atoms with Crippen LogP contribution in [0, 0.1) is 0 Å². The van der Waals surface area contributed by atoms with Gasteiger partial charge in [0, 0.05) is 64.9 Å². The Morgan fingerprint density at radius 1 is 0.340 bits per heavy atom. The molecule has 1 unspecified atom stereocenters. The zero-order valence-electron chi connectivity index (χ0n) is 27.5. The van der Waals surface area contributed by atoms with E-state index in [1.807, 2.05) is 0 Å². The van der Waals surface area contributed by atoms with E-state index in [1.165, 1.54) is 27.8 Å². The molecule has 0 spiro atoms. The molecule has 0 saturated carbocycles. The highest BCUT2D eigenvalue weighted by Crippen LogP contribution is 2.33. The van der Waals surface area contributed by atoms with Crippen molar-refractivity contribution >= 4 is 0 Å². The van der Waals surface area contributed by atoms with Gasteiger partial charge in [-0.05, 0) is 34.2 Å². The van der Waals surface area contributed by atoms with Crippen molar-refractivity contribution in [1.29, 1.82) is 0 Å². The van der Waals surface area contributed by atoms with Crippen LogP contribution in [0.3, 0.4) is 0 Å². The number of rotatable bonds is 11. The van der Waals surface area contributed by atoms with Crippen LogP contribution in [-0.4, -0.2) is 78.5 Å². The van der Waals surface area contributed by atoms with Crippen molar-refractivity contribution in [2.24, 2.45) is 0 Å². The number of hydrogen-bond donors (Lipinski definition) is 0. The molecule has 7 rings (SSSR count). The minimum atomic E-state index is 0.293. The molecule has 2 fully saturated rings. The molecular formula is C43H48N4. The Balaban J connectivity index is 1.00. The van der Waals surface area contributed by atoms with E-state index in [4.69, 9.17) is 0 Å². The van der Waals surface area contributed by atoms with Gasteiger partial charge >= 0.3 is 0 Å². The summed E-state index contributed by atoms with van der Waals surface area (Å²) in [6.45, 7) is 9.83. The molecule has 0 aliphatic carbocycles. The molecule has 47 heavy (non-hydrogen) atoms.